The van der Waals surface area contributed by atoms with E-state index in [1.165, 1.54) is 6.07 Å². The molecule has 0 aromatic heterocycles. The van der Waals surface area contributed by atoms with E-state index in [4.69, 9.17) is 0 Å². The highest BCUT2D eigenvalue weighted by Crippen LogP contribution is 2.27. The molecule has 82 valence electrons. The SMILES string of the molecule is CCCC1CCNc2ccc(F)cc2N1. The van der Waals surface area contributed by atoms with Crippen molar-refractivity contribution in [3.8, 4) is 0 Å². The van der Waals surface area contributed by atoms with Crippen LogP contribution < -0.4 is 10.6 Å². The zero-order valence-electron chi connectivity index (χ0n) is 9.02. The van der Waals surface area contributed by atoms with Crippen molar-refractivity contribution in [3.63, 3.8) is 0 Å². The molecular weight excluding hydrogens is 191 g/mol. The van der Waals surface area contributed by atoms with Crippen LogP contribution in [0.3, 0.4) is 0 Å². The number of hydrogen-bond acceptors (Lipinski definition) is 2. The van der Waals surface area contributed by atoms with Gasteiger partial charge in [0.05, 0.1) is 11.4 Å². The Morgan fingerprint density at radius 3 is 3.07 bits per heavy atom. The van der Waals surface area contributed by atoms with Crippen LogP contribution in [0.4, 0.5) is 15.8 Å². The Balaban J connectivity index is 2.19. The standard InChI is InChI=1S/C12H17FN2/c1-2-3-10-6-7-14-11-5-4-9(13)8-12(11)15-10/h4-5,8,10,14-15H,2-3,6-7H2,1H3. The molecule has 1 aromatic rings. The molecule has 0 radical (unpaired) electrons. The second kappa shape index (κ2) is 4.51. The minimum atomic E-state index is -0.180. The molecular formula is C12H17FN2. The molecule has 0 saturated carbocycles. The second-order valence-electron chi connectivity index (χ2n) is 4.04. The van der Waals surface area contributed by atoms with Crippen LogP contribution in [0.15, 0.2) is 18.2 Å². The number of fused-ring (bicyclic) bond motifs is 1. The average molecular weight is 208 g/mol. The summed E-state index contributed by atoms with van der Waals surface area (Å²) in [5, 5.41) is 6.71. The molecule has 15 heavy (non-hydrogen) atoms. The van der Waals surface area contributed by atoms with Crippen molar-refractivity contribution >= 4 is 11.4 Å². The Bertz CT molecular complexity index is 338. The number of nitrogens with one attached hydrogen (secondary N) is 2. The van der Waals surface area contributed by atoms with Gasteiger partial charge in [0.2, 0.25) is 0 Å². The molecule has 1 aromatic carbocycles. The Kier molecular flexibility index (Phi) is 3.09. The molecule has 0 amide bonds. The molecule has 0 fully saturated rings. The van der Waals surface area contributed by atoms with Crippen molar-refractivity contribution in [1.82, 2.24) is 0 Å². The van der Waals surface area contributed by atoms with Crippen LogP contribution in [0.2, 0.25) is 0 Å². The molecule has 1 unspecified atom stereocenters. The van der Waals surface area contributed by atoms with E-state index in [0.29, 0.717) is 6.04 Å². The molecule has 0 bridgehead atoms. The summed E-state index contributed by atoms with van der Waals surface area (Å²) in [5.74, 6) is -0.180. The summed E-state index contributed by atoms with van der Waals surface area (Å²) in [6.45, 7) is 3.13. The van der Waals surface area contributed by atoms with E-state index in [0.717, 1.165) is 37.2 Å². The van der Waals surface area contributed by atoms with Crippen molar-refractivity contribution in [2.75, 3.05) is 17.2 Å². The third-order valence-corrected chi connectivity index (χ3v) is 2.79. The molecule has 2 nitrogen and oxygen atoms in total. The van der Waals surface area contributed by atoms with Gasteiger partial charge in [-0.3, -0.25) is 0 Å². The third-order valence-electron chi connectivity index (χ3n) is 2.79. The smallest absolute Gasteiger partial charge is 0.125 e. The monoisotopic (exact) mass is 208 g/mol. The fourth-order valence-electron chi connectivity index (χ4n) is 2.03. The predicted octanol–water partition coefficient (Wildman–Crippen LogP) is 3.22. The Labute approximate surface area is 89.9 Å². The van der Waals surface area contributed by atoms with Gasteiger partial charge >= 0.3 is 0 Å². The summed E-state index contributed by atoms with van der Waals surface area (Å²) >= 11 is 0. The summed E-state index contributed by atoms with van der Waals surface area (Å²) < 4.78 is 13.1. The third kappa shape index (κ3) is 2.41. The fourth-order valence-corrected chi connectivity index (χ4v) is 2.03. The van der Waals surface area contributed by atoms with Crippen molar-refractivity contribution in [2.45, 2.75) is 32.2 Å². The van der Waals surface area contributed by atoms with Gasteiger partial charge in [0, 0.05) is 12.6 Å². The van der Waals surface area contributed by atoms with Gasteiger partial charge in [-0.05, 0) is 31.0 Å². The fraction of sp³-hybridized carbons (Fsp3) is 0.500. The van der Waals surface area contributed by atoms with E-state index >= 15 is 0 Å². The van der Waals surface area contributed by atoms with Gasteiger partial charge in [0.15, 0.2) is 0 Å². The number of hydrogen-bond donors (Lipinski definition) is 2. The summed E-state index contributed by atoms with van der Waals surface area (Å²) in [7, 11) is 0. The predicted molar refractivity (Wildman–Crippen MR) is 61.8 cm³/mol. The molecule has 2 N–H and O–H groups in total. The van der Waals surface area contributed by atoms with Crippen molar-refractivity contribution in [1.29, 1.82) is 0 Å². The first-order chi connectivity index (χ1) is 7.29. The molecule has 0 spiro atoms. The van der Waals surface area contributed by atoms with Gasteiger partial charge in [0.1, 0.15) is 5.82 Å². The number of rotatable bonds is 2. The van der Waals surface area contributed by atoms with Crippen molar-refractivity contribution < 1.29 is 4.39 Å². The largest absolute Gasteiger partial charge is 0.383 e. The molecule has 0 saturated heterocycles. The highest BCUT2D eigenvalue weighted by molar-refractivity contribution is 5.69. The van der Waals surface area contributed by atoms with Gasteiger partial charge in [-0.2, -0.15) is 0 Å². The molecule has 2 rings (SSSR count). The first-order valence-electron chi connectivity index (χ1n) is 5.59. The summed E-state index contributed by atoms with van der Waals surface area (Å²) in [6.07, 6.45) is 3.38. The van der Waals surface area contributed by atoms with Gasteiger partial charge in [0.25, 0.3) is 0 Å². The number of halogens is 1. The van der Waals surface area contributed by atoms with Crippen LogP contribution in [0.25, 0.3) is 0 Å². The van der Waals surface area contributed by atoms with Gasteiger partial charge < -0.3 is 10.6 Å². The maximum absolute atomic E-state index is 13.1. The Morgan fingerprint density at radius 1 is 1.40 bits per heavy atom. The van der Waals surface area contributed by atoms with Crippen LogP contribution in [0.1, 0.15) is 26.2 Å². The van der Waals surface area contributed by atoms with Crippen LogP contribution >= 0.6 is 0 Å². The highest BCUT2D eigenvalue weighted by Gasteiger charge is 2.14. The molecule has 0 aliphatic carbocycles. The Morgan fingerprint density at radius 2 is 2.27 bits per heavy atom. The lowest BCUT2D eigenvalue weighted by molar-refractivity contribution is 0.612. The Hall–Kier alpha value is -1.25. The maximum Gasteiger partial charge on any atom is 0.125 e. The van der Waals surface area contributed by atoms with Crippen molar-refractivity contribution in [3.05, 3.63) is 24.0 Å². The lowest BCUT2D eigenvalue weighted by atomic mass is 10.1. The normalized spacial score (nSPS) is 19.7. The van der Waals surface area contributed by atoms with Crippen LogP contribution in [-0.2, 0) is 0 Å². The summed E-state index contributed by atoms with van der Waals surface area (Å²) in [6, 6.07) is 5.32. The van der Waals surface area contributed by atoms with E-state index in [1.54, 1.807) is 12.1 Å². The highest BCUT2D eigenvalue weighted by atomic mass is 19.1. The van der Waals surface area contributed by atoms with Crippen LogP contribution in [0.5, 0.6) is 0 Å². The van der Waals surface area contributed by atoms with Crippen molar-refractivity contribution in [2.24, 2.45) is 0 Å². The lowest BCUT2D eigenvalue weighted by Gasteiger charge is -2.16. The van der Waals surface area contributed by atoms with Gasteiger partial charge in [-0.25, -0.2) is 4.39 Å². The van der Waals surface area contributed by atoms with Crippen LogP contribution in [0, 0.1) is 5.82 Å². The molecule has 1 heterocycles. The topological polar surface area (TPSA) is 24.1 Å². The maximum atomic E-state index is 13.1. The molecule has 3 heteroatoms. The zero-order valence-corrected chi connectivity index (χ0v) is 9.02. The van der Waals surface area contributed by atoms with E-state index in [2.05, 4.69) is 17.6 Å². The summed E-state index contributed by atoms with van der Waals surface area (Å²) in [4.78, 5) is 0. The number of benzene rings is 1. The lowest BCUT2D eigenvalue weighted by Crippen LogP contribution is -2.19. The van der Waals surface area contributed by atoms with E-state index < -0.39 is 0 Å². The second-order valence-corrected chi connectivity index (χ2v) is 4.04. The van der Waals surface area contributed by atoms with Gasteiger partial charge in [-0.1, -0.05) is 13.3 Å². The quantitative estimate of drug-likeness (QED) is 0.779. The first-order valence-corrected chi connectivity index (χ1v) is 5.59. The molecule has 1 aliphatic heterocycles. The molecule has 1 atom stereocenters. The first kappa shape index (κ1) is 10.3. The minimum Gasteiger partial charge on any atom is -0.383 e. The number of anilines is 2. The summed E-state index contributed by atoms with van der Waals surface area (Å²) in [5.41, 5.74) is 1.90. The minimum absolute atomic E-state index is 0.180. The van der Waals surface area contributed by atoms with E-state index in [-0.39, 0.29) is 5.82 Å². The van der Waals surface area contributed by atoms with Gasteiger partial charge in [-0.15, -0.1) is 0 Å². The zero-order chi connectivity index (χ0) is 10.7. The molecule has 1 aliphatic rings. The van der Waals surface area contributed by atoms with E-state index in [9.17, 15) is 4.39 Å². The van der Waals surface area contributed by atoms with E-state index in [1.807, 2.05) is 0 Å². The van der Waals surface area contributed by atoms with Crippen LogP contribution in [-0.4, -0.2) is 12.6 Å². The average Bonchev–Trinajstić information content (AvgIpc) is 2.39.